The topological polar surface area (TPSA) is 48.2 Å². The van der Waals surface area contributed by atoms with Gasteiger partial charge < -0.3 is 9.15 Å². The minimum absolute atomic E-state index is 0.160. The van der Waals surface area contributed by atoms with Gasteiger partial charge >= 0.3 is 0 Å². The zero-order valence-corrected chi connectivity index (χ0v) is 11.2. The molecule has 0 fully saturated rings. The van der Waals surface area contributed by atoms with Crippen LogP contribution in [-0.4, -0.2) is 10.2 Å². The Balaban J connectivity index is 1.59. The van der Waals surface area contributed by atoms with Gasteiger partial charge in [-0.25, -0.2) is 4.39 Å². The number of nitrogens with zero attached hydrogens (tertiary/aromatic N) is 2. The summed E-state index contributed by atoms with van der Waals surface area (Å²) in [6.07, 6.45) is 0.588. The molecule has 3 rings (SSSR count). The normalized spacial score (nSPS) is 10.5. The lowest BCUT2D eigenvalue weighted by atomic mass is 10.2. The van der Waals surface area contributed by atoms with Gasteiger partial charge in [-0.3, -0.25) is 0 Å². The number of hydrogen-bond donors (Lipinski definition) is 0. The van der Waals surface area contributed by atoms with Crippen molar-refractivity contribution in [1.29, 1.82) is 0 Å². The van der Waals surface area contributed by atoms with Crippen LogP contribution in [0.15, 0.2) is 59.0 Å². The predicted octanol–water partition coefficient (Wildman–Crippen LogP) is 3.38. The van der Waals surface area contributed by atoms with Crippen LogP contribution in [0.25, 0.3) is 0 Å². The van der Waals surface area contributed by atoms with Crippen LogP contribution in [0.3, 0.4) is 0 Å². The largest absolute Gasteiger partial charge is 0.484 e. The Bertz CT molecular complexity index is 696. The lowest BCUT2D eigenvalue weighted by molar-refractivity contribution is 0.259. The van der Waals surface area contributed by atoms with Gasteiger partial charge in [-0.15, -0.1) is 10.2 Å². The lowest BCUT2D eigenvalue weighted by Crippen LogP contribution is -1.95. The molecule has 1 aromatic heterocycles. The van der Waals surface area contributed by atoms with Crippen LogP contribution in [0.4, 0.5) is 4.39 Å². The summed E-state index contributed by atoms with van der Waals surface area (Å²) in [5.74, 6) is 1.19. The predicted molar refractivity (Wildman–Crippen MR) is 74.3 cm³/mol. The van der Waals surface area contributed by atoms with Gasteiger partial charge in [0.05, 0.1) is 6.42 Å². The number of ether oxygens (including phenoxy) is 1. The summed E-state index contributed by atoms with van der Waals surface area (Å²) in [6.45, 7) is 0.160. The van der Waals surface area contributed by atoms with Crippen molar-refractivity contribution in [3.63, 3.8) is 0 Å². The quantitative estimate of drug-likeness (QED) is 0.720. The van der Waals surface area contributed by atoms with Gasteiger partial charge in [0.1, 0.15) is 11.6 Å². The number of rotatable bonds is 5. The van der Waals surface area contributed by atoms with Crippen molar-refractivity contribution in [2.24, 2.45) is 0 Å². The van der Waals surface area contributed by atoms with E-state index in [1.165, 1.54) is 12.1 Å². The third kappa shape index (κ3) is 3.66. The number of hydrogen-bond acceptors (Lipinski definition) is 4. The van der Waals surface area contributed by atoms with Gasteiger partial charge in [-0.05, 0) is 29.8 Å². The minimum Gasteiger partial charge on any atom is -0.484 e. The average Bonchev–Trinajstić information content (AvgIpc) is 2.95. The fourth-order valence-corrected chi connectivity index (χ4v) is 1.86. The molecule has 0 N–H and O–H groups in total. The van der Waals surface area contributed by atoms with Crippen molar-refractivity contribution >= 4 is 0 Å². The highest BCUT2D eigenvalue weighted by Gasteiger charge is 2.07. The maximum atomic E-state index is 12.8. The van der Waals surface area contributed by atoms with Crippen molar-refractivity contribution in [3.05, 3.63) is 77.8 Å². The van der Waals surface area contributed by atoms with Crippen LogP contribution < -0.4 is 4.74 Å². The van der Waals surface area contributed by atoms with Crippen LogP contribution in [0.5, 0.6) is 5.75 Å². The summed E-state index contributed by atoms with van der Waals surface area (Å²) in [5, 5.41) is 7.91. The van der Waals surface area contributed by atoms with Gasteiger partial charge in [-0.1, -0.05) is 30.3 Å². The second-order valence-corrected chi connectivity index (χ2v) is 4.49. The molecule has 0 radical (unpaired) electrons. The molecule has 0 aliphatic rings. The molecule has 0 aliphatic heterocycles. The summed E-state index contributed by atoms with van der Waals surface area (Å²) in [5.41, 5.74) is 1.10. The van der Waals surface area contributed by atoms with E-state index in [0.717, 1.165) is 5.56 Å². The molecule has 0 unspecified atom stereocenters. The first-order valence-corrected chi connectivity index (χ1v) is 6.53. The minimum atomic E-state index is -0.301. The van der Waals surface area contributed by atoms with E-state index in [-0.39, 0.29) is 12.4 Å². The van der Waals surface area contributed by atoms with Crippen molar-refractivity contribution in [3.8, 4) is 5.75 Å². The first-order valence-electron chi connectivity index (χ1n) is 6.53. The summed E-state index contributed by atoms with van der Waals surface area (Å²) in [6, 6.07) is 15.7. The Morgan fingerprint density at radius 3 is 2.38 bits per heavy atom. The summed E-state index contributed by atoms with van der Waals surface area (Å²) in [4.78, 5) is 0. The third-order valence-corrected chi connectivity index (χ3v) is 2.88. The van der Waals surface area contributed by atoms with Crippen molar-refractivity contribution in [1.82, 2.24) is 10.2 Å². The van der Waals surface area contributed by atoms with Crippen LogP contribution in [0, 0.1) is 5.82 Å². The molecule has 0 saturated carbocycles. The molecule has 0 bridgehead atoms. The Kier molecular flexibility index (Phi) is 3.91. The summed E-state index contributed by atoms with van der Waals surface area (Å²) >= 11 is 0. The molecule has 0 aliphatic carbocycles. The molecule has 5 heteroatoms. The summed E-state index contributed by atoms with van der Waals surface area (Å²) in [7, 11) is 0. The molecule has 4 nitrogen and oxygen atoms in total. The van der Waals surface area contributed by atoms with Crippen LogP contribution in [0.2, 0.25) is 0 Å². The highest BCUT2D eigenvalue weighted by molar-refractivity contribution is 5.22. The van der Waals surface area contributed by atoms with Crippen LogP contribution in [-0.2, 0) is 13.0 Å². The molecule has 0 spiro atoms. The SMILES string of the molecule is Fc1ccc(OCc2nnc(Cc3ccccc3)o2)cc1. The zero-order chi connectivity index (χ0) is 14.5. The van der Waals surface area contributed by atoms with E-state index < -0.39 is 0 Å². The van der Waals surface area contributed by atoms with Gasteiger partial charge in [0.2, 0.25) is 5.89 Å². The number of benzene rings is 2. The molecule has 106 valence electrons. The maximum absolute atomic E-state index is 12.8. The molecular weight excluding hydrogens is 271 g/mol. The number of halogens is 1. The van der Waals surface area contributed by atoms with E-state index in [0.29, 0.717) is 24.0 Å². The Labute approximate surface area is 121 Å². The van der Waals surface area contributed by atoms with Gasteiger partial charge in [0.25, 0.3) is 5.89 Å². The van der Waals surface area contributed by atoms with Crippen molar-refractivity contribution in [2.75, 3.05) is 0 Å². The lowest BCUT2D eigenvalue weighted by Gasteiger charge is -2.02. The molecule has 0 saturated heterocycles. The molecule has 2 aromatic carbocycles. The van der Waals surface area contributed by atoms with Crippen molar-refractivity contribution in [2.45, 2.75) is 13.0 Å². The van der Waals surface area contributed by atoms with E-state index in [1.807, 2.05) is 30.3 Å². The fraction of sp³-hybridized carbons (Fsp3) is 0.125. The van der Waals surface area contributed by atoms with Crippen molar-refractivity contribution < 1.29 is 13.5 Å². The van der Waals surface area contributed by atoms with Gasteiger partial charge in [0.15, 0.2) is 6.61 Å². The van der Waals surface area contributed by atoms with E-state index >= 15 is 0 Å². The maximum Gasteiger partial charge on any atom is 0.253 e. The Hall–Kier alpha value is -2.69. The van der Waals surface area contributed by atoms with Gasteiger partial charge in [0, 0.05) is 0 Å². The standard InChI is InChI=1S/C16H13FN2O2/c17-13-6-8-14(9-7-13)20-11-16-19-18-15(21-16)10-12-4-2-1-3-5-12/h1-9H,10-11H2. The molecular formula is C16H13FN2O2. The summed E-state index contributed by atoms with van der Waals surface area (Å²) < 4.78 is 23.7. The monoisotopic (exact) mass is 284 g/mol. The van der Waals surface area contributed by atoms with E-state index in [4.69, 9.17) is 9.15 Å². The molecule has 3 aromatic rings. The first kappa shape index (κ1) is 13.3. The molecule has 21 heavy (non-hydrogen) atoms. The molecule has 0 amide bonds. The second-order valence-electron chi connectivity index (χ2n) is 4.49. The first-order chi connectivity index (χ1) is 10.3. The van der Waals surface area contributed by atoms with E-state index in [9.17, 15) is 4.39 Å². The Morgan fingerprint density at radius 2 is 1.62 bits per heavy atom. The van der Waals surface area contributed by atoms with Crippen LogP contribution >= 0.6 is 0 Å². The molecule has 1 heterocycles. The molecule has 0 atom stereocenters. The zero-order valence-electron chi connectivity index (χ0n) is 11.2. The Morgan fingerprint density at radius 1 is 0.905 bits per heavy atom. The third-order valence-electron chi connectivity index (χ3n) is 2.88. The fourth-order valence-electron chi connectivity index (χ4n) is 1.86. The van der Waals surface area contributed by atoms with E-state index in [2.05, 4.69) is 10.2 Å². The van der Waals surface area contributed by atoms with Crippen LogP contribution in [0.1, 0.15) is 17.3 Å². The number of aromatic nitrogens is 2. The highest BCUT2D eigenvalue weighted by Crippen LogP contribution is 2.14. The highest BCUT2D eigenvalue weighted by atomic mass is 19.1. The second kappa shape index (κ2) is 6.17. The van der Waals surface area contributed by atoms with Gasteiger partial charge in [-0.2, -0.15) is 0 Å². The average molecular weight is 284 g/mol. The smallest absolute Gasteiger partial charge is 0.253 e. The van der Waals surface area contributed by atoms with E-state index in [1.54, 1.807) is 12.1 Å².